The van der Waals surface area contributed by atoms with E-state index in [4.69, 9.17) is 4.74 Å². The maximum absolute atomic E-state index is 12.6. The third-order valence-electron chi connectivity index (χ3n) is 5.52. The molecule has 2 fully saturated rings. The van der Waals surface area contributed by atoms with Gasteiger partial charge in [0.1, 0.15) is 0 Å². The summed E-state index contributed by atoms with van der Waals surface area (Å²) in [4.78, 5) is 28.2. The summed E-state index contributed by atoms with van der Waals surface area (Å²) in [6, 6.07) is 0. The van der Waals surface area contributed by atoms with E-state index in [0.29, 0.717) is 78.4 Å². The van der Waals surface area contributed by atoms with Gasteiger partial charge in [-0.25, -0.2) is 0 Å². The summed E-state index contributed by atoms with van der Waals surface area (Å²) in [7, 11) is -3.41. The van der Waals surface area contributed by atoms with Crippen molar-refractivity contribution in [3.8, 4) is 0 Å². The summed E-state index contributed by atoms with van der Waals surface area (Å²) < 4.78 is 33.2. The van der Waals surface area contributed by atoms with Crippen LogP contribution in [0.25, 0.3) is 0 Å². The quantitative estimate of drug-likeness (QED) is 0.515. The molecule has 0 aliphatic carbocycles. The molecule has 2 aliphatic rings. The van der Waals surface area contributed by atoms with Gasteiger partial charge in [-0.05, 0) is 19.8 Å². The fourth-order valence-electron chi connectivity index (χ4n) is 3.75. The molecule has 0 saturated carbocycles. The second-order valence-electron chi connectivity index (χ2n) is 7.17. The van der Waals surface area contributed by atoms with E-state index < -0.39 is 10.2 Å². The predicted molar refractivity (Wildman–Crippen MR) is 106 cm³/mol. The van der Waals surface area contributed by atoms with Crippen LogP contribution in [0, 0.1) is 5.92 Å². The van der Waals surface area contributed by atoms with Gasteiger partial charge in [0.15, 0.2) is 0 Å². The van der Waals surface area contributed by atoms with Crippen molar-refractivity contribution in [1.82, 2.24) is 18.4 Å². The van der Waals surface area contributed by atoms with E-state index in [-0.39, 0.29) is 17.8 Å². The van der Waals surface area contributed by atoms with E-state index in [1.807, 2.05) is 18.7 Å². The minimum atomic E-state index is -3.41. The summed E-state index contributed by atoms with van der Waals surface area (Å²) >= 11 is 0. The number of likely N-dealkylation sites (tertiary alicyclic amines) is 1. The Bertz CT molecular complexity index is 622. The first-order valence-corrected chi connectivity index (χ1v) is 11.6. The molecule has 2 saturated heterocycles. The zero-order valence-corrected chi connectivity index (χ0v) is 18.1. The molecule has 0 aromatic rings. The second kappa shape index (κ2) is 10.5. The summed E-state index contributed by atoms with van der Waals surface area (Å²) in [6.07, 6.45) is 1.28. The maximum atomic E-state index is 12.6. The molecule has 0 atom stereocenters. The van der Waals surface area contributed by atoms with Crippen molar-refractivity contribution in [2.45, 2.75) is 33.6 Å². The maximum Gasteiger partial charge on any atom is 0.309 e. The molecular weight excluding hydrogens is 384 g/mol. The van der Waals surface area contributed by atoms with E-state index in [0.717, 1.165) is 0 Å². The van der Waals surface area contributed by atoms with E-state index >= 15 is 0 Å². The Morgan fingerprint density at radius 2 is 1.54 bits per heavy atom. The van der Waals surface area contributed by atoms with Crippen molar-refractivity contribution < 1.29 is 22.7 Å². The largest absolute Gasteiger partial charge is 0.466 e. The standard InChI is InChI=1S/C18H34N4O5S/c1-4-21(5-2)28(25,26)22-13-11-19(12-14-22)15-17(23)20-9-7-16(8-10-20)18(24)27-6-3/h16H,4-15H2,1-3H3. The van der Waals surface area contributed by atoms with Gasteiger partial charge in [-0.3, -0.25) is 14.5 Å². The number of hydrogen-bond donors (Lipinski definition) is 0. The Kier molecular flexibility index (Phi) is 8.66. The van der Waals surface area contributed by atoms with Crippen LogP contribution >= 0.6 is 0 Å². The molecule has 10 heteroatoms. The molecule has 0 unspecified atom stereocenters. The summed E-state index contributed by atoms with van der Waals surface area (Å²) in [5.74, 6) is -0.236. The first-order valence-electron chi connectivity index (χ1n) is 10.2. The average molecular weight is 419 g/mol. The van der Waals surface area contributed by atoms with Gasteiger partial charge in [-0.2, -0.15) is 17.0 Å². The number of rotatable bonds is 8. The average Bonchev–Trinajstić information content (AvgIpc) is 2.69. The van der Waals surface area contributed by atoms with E-state index in [1.165, 1.54) is 8.61 Å². The van der Waals surface area contributed by atoms with Crippen molar-refractivity contribution in [2.24, 2.45) is 5.92 Å². The van der Waals surface area contributed by atoms with E-state index in [2.05, 4.69) is 0 Å². The lowest BCUT2D eigenvalue weighted by Crippen LogP contribution is -2.55. The number of carbonyl (C=O) groups excluding carboxylic acids is 2. The normalized spacial score (nSPS) is 20.5. The first kappa shape index (κ1) is 23.1. The lowest BCUT2D eigenvalue weighted by atomic mass is 9.97. The minimum absolute atomic E-state index is 0.0439. The highest BCUT2D eigenvalue weighted by molar-refractivity contribution is 7.86. The topological polar surface area (TPSA) is 90.5 Å². The molecular formula is C18H34N4O5S. The number of ether oxygens (including phenoxy) is 1. The molecule has 0 aromatic carbocycles. The zero-order chi connectivity index (χ0) is 20.7. The number of esters is 1. The molecule has 0 radical (unpaired) electrons. The highest BCUT2D eigenvalue weighted by Gasteiger charge is 2.33. The highest BCUT2D eigenvalue weighted by atomic mass is 32.2. The minimum Gasteiger partial charge on any atom is -0.466 e. The van der Waals surface area contributed by atoms with Crippen LogP contribution in [-0.4, -0.2) is 104 Å². The molecule has 0 spiro atoms. The van der Waals surface area contributed by atoms with Crippen LogP contribution in [0.15, 0.2) is 0 Å². The summed E-state index contributed by atoms with van der Waals surface area (Å²) in [5, 5.41) is 0. The van der Waals surface area contributed by atoms with Gasteiger partial charge < -0.3 is 9.64 Å². The fourth-order valence-corrected chi connectivity index (χ4v) is 5.35. The van der Waals surface area contributed by atoms with Crippen molar-refractivity contribution in [3.05, 3.63) is 0 Å². The van der Waals surface area contributed by atoms with E-state index in [9.17, 15) is 18.0 Å². The van der Waals surface area contributed by atoms with Gasteiger partial charge in [0.05, 0.1) is 19.1 Å². The van der Waals surface area contributed by atoms with E-state index in [1.54, 1.807) is 11.8 Å². The highest BCUT2D eigenvalue weighted by Crippen LogP contribution is 2.19. The number of nitrogens with zero attached hydrogens (tertiary/aromatic N) is 4. The SMILES string of the molecule is CCOC(=O)C1CCN(C(=O)CN2CCN(S(=O)(=O)N(CC)CC)CC2)CC1. The van der Waals surface area contributed by atoms with Crippen LogP contribution in [-0.2, 0) is 24.5 Å². The van der Waals surface area contributed by atoms with Gasteiger partial charge in [-0.15, -0.1) is 0 Å². The number of carbonyl (C=O) groups is 2. The molecule has 162 valence electrons. The van der Waals surface area contributed by atoms with Crippen molar-refractivity contribution in [3.63, 3.8) is 0 Å². The Hall–Kier alpha value is -1.23. The molecule has 2 aliphatic heterocycles. The van der Waals surface area contributed by atoms with Gasteiger partial charge in [0.2, 0.25) is 5.91 Å². The van der Waals surface area contributed by atoms with Gasteiger partial charge in [0.25, 0.3) is 10.2 Å². The summed E-state index contributed by atoms with van der Waals surface area (Å²) in [6.45, 7) is 10.1. The van der Waals surface area contributed by atoms with Crippen LogP contribution in [0.2, 0.25) is 0 Å². The fraction of sp³-hybridized carbons (Fsp3) is 0.889. The molecule has 0 aromatic heterocycles. The second-order valence-corrected chi connectivity index (χ2v) is 9.10. The molecule has 9 nitrogen and oxygen atoms in total. The third-order valence-corrected chi connectivity index (χ3v) is 7.70. The summed E-state index contributed by atoms with van der Waals surface area (Å²) in [5.41, 5.74) is 0. The monoisotopic (exact) mass is 418 g/mol. The Morgan fingerprint density at radius 1 is 0.964 bits per heavy atom. The van der Waals surface area contributed by atoms with Crippen molar-refractivity contribution in [1.29, 1.82) is 0 Å². The van der Waals surface area contributed by atoms with Gasteiger partial charge >= 0.3 is 5.97 Å². The van der Waals surface area contributed by atoms with Crippen LogP contribution < -0.4 is 0 Å². The van der Waals surface area contributed by atoms with Gasteiger partial charge in [0, 0.05) is 52.4 Å². The Morgan fingerprint density at radius 3 is 2.04 bits per heavy atom. The Balaban J connectivity index is 1.77. The molecule has 1 amide bonds. The predicted octanol–water partition coefficient (Wildman–Crippen LogP) is -0.00770. The van der Waals surface area contributed by atoms with Gasteiger partial charge in [-0.1, -0.05) is 13.8 Å². The zero-order valence-electron chi connectivity index (χ0n) is 17.3. The molecule has 0 N–H and O–H groups in total. The number of hydrogen-bond acceptors (Lipinski definition) is 6. The van der Waals surface area contributed by atoms with Crippen LogP contribution in [0.4, 0.5) is 0 Å². The lowest BCUT2D eigenvalue weighted by Gasteiger charge is -2.37. The van der Waals surface area contributed by atoms with Crippen LogP contribution in [0.1, 0.15) is 33.6 Å². The van der Waals surface area contributed by atoms with Crippen LogP contribution in [0.5, 0.6) is 0 Å². The number of piperidine rings is 1. The number of amides is 1. The first-order chi connectivity index (χ1) is 13.3. The van der Waals surface area contributed by atoms with Crippen LogP contribution in [0.3, 0.4) is 0 Å². The Labute approximate surface area is 168 Å². The lowest BCUT2D eigenvalue weighted by molar-refractivity contribution is -0.151. The smallest absolute Gasteiger partial charge is 0.309 e. The molecule has 2 heterocycles. The van der Waals surface area contributed by atoms with Crippen molar-refractivity contribution >= 4 is 22.1 Å². The third kappa shape index (κ3) is 5.65. The molecule has 2 rings (SSSR count). The van der Waals surface area contributed by atoms with Crippen molar-refractivity contribution in [2.75, 3.05) is 65.5 Å². The molecule has 0 bridgehead atoms. The molecule has 28 heavy (non-hydrogen) atoms. The number of piperazine rings is 1.